The van der Waals surface area contributed by atoms with Gasteiger partial charge in [-0.2, -0.15) is 5.10 Å². The smallest absolute Gasteiger partial charge is 0.274 e. The highest BCUT2D eigenvalue weighted by molar-refractivity contribution is 5.92. The third-order valence-electron chi connectivity index (χ3n) is 4.36. The second-order valence-corrected chi connectivity index (χ2v) is 5.91. The summed E-state index contributed by atoms with van der Waals surface area (Å²) in [5.74, 6) is 0.150. The van der Waals surface area contributed by atoms with Gasteiger partial charge in [0.25, 0.3) is 5.91 Å². The van der Waals surface area contributed by atoms with Crippen molar-refractivity contribution in [1.82, 2.24) is 19.6 Å². The molecule has 21 heavy (non-hydrogen) atoms. The zero-order valence-electron chi connectivity index (χ0n) is 12.5. The molecule has 2 amide bonds. The molecule has 114 valence electrons. The molecule has 3 heterocycles. The maximum absolute atomic E-state index is 12.4. The van der Waals surface area contributed by atoms with E-state index in [1.807, 2.05) is 15.6 Å². The molecule has 1 fully saturated rings. The Bertz CT molecular complexity index is 528. The van der Waals surface area contributed by atoms with E-state index in [2.05, 4.69) is 5.10 Å². The van der Waals surface area contributed by atoms with Gasteiger partial charge in [-0.05, 0) is 31.7 Å². The molecule has 0 saturated carbocycles. The number of hydrogen-bond acceptors (Lipinski definition) is 3. The molecule has 2 aliphatic heterocycles. The van der Waals surface area contributed by atoms with Gasteiger partial charge in [0.1, 0.15) is 0 Å². The Morgan fingerprint density at radius 2 is 2.14 bits per heavy atom. The van der Waals surface area contributed by atoms with Crippen molar-refractivity contribution in [1.29, 1.82) is 0 Å². The van der Waals surface area contributed by atoms with E-state index >= 15 is 0 Å². The van der Waals surface area contributed by atoms with Crippen molar-refractivity contribution in [2.45, 2.75) is 38.6 Å². The van der Waals surface area contributed by atoms with Gasteiger partial charge in [-0.1, -0.05) is 0 Å². The summed E-state index contributed by atoms with van der Waals surface area (Å²) in [6.07, 6.45) is 4.89. The van der Waals surface area contributed by atoms with E-state index in [-0.39, 0.29) is 11.8 Å². The van der Waals surface area contributed by atoms with Crippen molar-refractivity contribution in [3.63, 3.8) is 0 Å². The summed E-state index contributed by atoms with van der Waals surface area (Å²) in [6.45, 7) is 2.91. The molecule has 0 bridgehead atoms. The van der Waals surface area contributed by atoms with Gasteiger partial charge in [-0.3, -0.25) is 14.3 Å². The summed E-state index contributed by atoms with van der Waals surface area (Å²) in [6, 6.07) is 1.92. The predicted octanol–water partition coefficient (Wildman–Crippen LogP) is 0.914. The number of aryl methyl sites for hydroxylation is 2. The molecular formula is C15H22N4O2. The highest BCUT2D eigenvalue weighted by atomic mass is 16.2. The summed E-state index contributed by atoms with van der Waals surface area (Å²) in [5.41, 5.74) is 1.69. The van der Waals surface area contributed by atoms with Crippen LogP contribution in [-0.2, 0) is 17.8 Å². The predicted molar refractivity (Wildman–Crippen MR) is 77.9 cm³/mol. The summed E-state index contributed by atoms with van der Waals surface area (Å²) >= 11 is 0. The number of carbonyl (C=O) groups excluding carboxylic acids is 2. The molecule has 0 N–H and O–H groups in total. The average Bonchev–Trinajstić information content (AvgIpc) is 3.09. The Morgan fingerprint density at radius 3 is 2.86 bits per heavy atom. The maximum atomic E-state index is 12.4. The molecule has 0 radical (unpaired) electrons. The first-order valence-electron chi connectivity index (χ1n) is 7.75. The molecule has 0 atom stereocenters. The lowest BCUT2D eigenvalue weighted by molar-refractivity contribution is -0.127. The van der Waals surface area contributed by atoms with Crippen LogP contribution in [0.2, 0.25) is 0 Å². The van der Waals surface area contributed by atoms with Crippen molar-refractivity contribution in [2.75, 3.05) is 26.7 Å². The Morgan fingerprint density at radius 1 is 1.29 bits per heavy atom. The van der Waals surface area contributed by atoms with Crippen molar-refractivity contribution >= 4 is 11.8 Å². The summed E-state index contributed by atoms with van der Waals surface area (Å²) in [7, 11) is 1.78. The van der Waals surface area contributed by atoms with Gasteiger partial charge in [0.2, 0.25) is 5.91 Å². The average molecular weight is 290 g/mol. The fourth-order valence-corrected chi connectivity index (χ4v) is 3.03. The first kappa shape index (κ1) is 14.1. The highest BCUT2D eigenvalue weighted by Gasteiger charge is 2.23. The number of hydrogen-bond donors (Lipinski definition) is 0. The first-order valence-corrected chi connectivity index (χ1v) is 7.75. The molecule has 1 aromatic rings. The third kappa shape index (κ3) is 2.94. The second-order valence-electron chi connectivity index (χ2n) is 5.91. The van der Waals surface area contributed by atoms with Crippen molar-refractivity contribution < 1.29 is 9.59 Å². The lowest BCUT2D eigenvalue weighted by Crippen LogP contribution is -2.37. The van der Waals surface area contributed by atoms with E-state index in [1.165, 1.54) is 6.42 Å². The summed E-state index contributed by atoms with van der Waals surface area (Å²) < 4.78 is 1.95. The van der Waals surface area contributed by atoms with Crippen LogP contribution in [0.4, 0.5) is 0 Å². The van der Waals surface area contributed by atoms with E-state index in [4.69, 9.17) is 0 Å². The van der Waals surface area contributed by atoms with Crippen LogP contribution in [0.5, 0.6) is 0 Å². The van der Waals surface area contributed by atoms with Gasteiger partial charge in [0.15, 0.2) is 5.69 Å². The molecule has 0 unspecified atom stereocenters. The summed E-state index contributed by atoms with van der Waals surface area (Å²) in [4.78, 5) is 27.5. The first-order chi connectivity index (χ1) is 10.1. The maximum Gasteiger partial charge on any atom is 0.274 e. The monoisotopic (exact) mass is 290 g/mol. The van der Waals surface area contributed by atoms with Crippen LogP contribution in [0.25, 0.3) is 0 Å². The van der Waals surface area contributed by atoms with Crippen molar-refractivity contribution in [2.24, 2.45) is 0 Å². The number of amides is 2. The SMILES string of the molecule is CN(CCN1CCCC1=O)C(=O)c1cc2n(n1)CCCC2. The standard InChI is InChI=1S/C15H22N4O2/c1-17(9-10-18-7-4-6-14(18)20)15(21)13-11-12-5-2-3-8-19(12)16-13/h11H,2-10H2,1H3. The van der Waals surface area contributed by atoms with Crippen molar-refractivity contribution in [3.8, 4) is 0 Å². The zero-order valence-corrected chi connectivity index (χ0v) is 12.5. The molecule has 6 heteroatoms. The van der Waals surface area contributed by atoms with Crippen LogP contribution in [0.1, 0.15) is 41.9 Å². The summed E-state index contributed by atoms with van der Waals surface area (Å²) in [5, 5.41) is 4.41. The topological polar surface area (TPSA) is 58.4 Å². The van der Waals surface area contributed by atoms with E-state index in [0.29, 0.717) is 25.2 Å². The second kappa shape index (κ2) is 5.87. The van der Waals surface area contributed by atoms with Gasteiger partial charge < -0.3 is 9.80 Å². The Hall–Kier alpha value is -1.85. The Kier molecular flexibility index (Phi) is 3.94. The van der Waals surface area contributed by atoms with Crippen molar-refractivity contribution in [3.05, 3.63) is 17.5 Å². The minimum atomic E-state index is -0.0523. The van der Waals surface area contributed by atoms with Gasteiger partial charge in [0, 0.05) is 45.3 Å². The van der Waals surface area contributed by atoms with Crippen LogP contribution in [0.15, 0.2) is 6.07 Å². The van der Waals surface area contributed by atoms with E-state index in [0.717, 1.165) is 38.0 Å². The zero-order chi connectivity index (χ0) is 14.8. The highest BCUT2D eigenvalue weighted by Crippen LogP contribution is 2.16. The number of likely N-dealkylation sites (N-methyl/N-ethyl adjacent to an activating group) is 1. The molecule has 1 saturated heterocycles. The molecule has 6 nitrogen and oxygen atoms in total. The lowest BCUT2D eigenvalue weighted by atomic mass is 10.1. The van der Waals surface area contributed by atoms with Gasteiger partial charge in [-0.25, -0.2) is 0 Å². The van der Waals surface area contributed by atoms with Crippen LogP contribution in [0, 0.1) is 0 Å². The third-order valence-corrected chi connectivity index (χ3v) is 4.36. The van der Waals surface area contributed by atoms with Gasteiger partial charge in [-0.15, -0.1) is 0 Å². The fourth-order valence-electron chi connectivity index (χ4n) is 3.03. The fraction of sp³-hybridized carbons (Fsp3) is 0.667. The molecule has 1 aromatic heterocycles. The van der Waals surface area contributed by atoms with E-state index in [1.54, 1.807) is 11.9 Å². The molecule has 0 aromatic carbocycles. The van der Waals surface area contributed by atoms with Gasteiger partial charge >= 0.3 is 0 Å². The molecule has 0 aliphatic carbocycles. The number of likely N-dealkylation sites (tertiary alicyclic amines) is 1. The number of nitrogens with zero attached hydrogens (tertiary/aromatic N) is 4. The number of fused-ring (bicyclic) bond motifs is 1. The lowest BCUT2D eigenvalue weighted by Gasteiger charge is -2.21. The van der Waals surface area contributed by atoms with Crippen LogP contribution in [0.3, 0.4) is 0 Å². The van der Waals surface area contributed by atoms with Crippen LogP contribution < -0.4 is 0 Å². The van der Waals surface area contributed by atoms with E-state index < -0.39 is 0 Å². The Labute approximate surface area is 124 Å². The molecule has 0 spiro atoms. The van der Waals surface area contributed by atoms with Crippen LogP contribution >= 0.6 is 0 Å². The molecular weight excluding hydrogens is 268 g/mol. The molecule has 3 rings (SSSR count). The van der Waals surface area contributed by atoms with E-state index in [9.17, 15) is 9.59 Å². The van der Waals surface area contributed by atoms with Gasteiger partial charge in [0.05, 0.1) is 0 Å². The largest absolute Gasteiger partial charge is 0.341 e. The number of rotatable bonds is 4. The quantitative estimate of drug-likeness (QED) is 0.828. The minimum Gasteiger partial charge on any atom is -0.341 e. The number of aromatic nitrogens is 2. The van der Waals surface area contributed by atoms with Crippen LogP contribution in [-0.4, -0.2) is 58.1 Å². The molecule has 2 aliphatic rings. The number of carbonyl (C=O) groups is 2. The minimum absolute atomic E-state index is 0.0523. The normalized spacial score (nSPS) is 18.0. The Balaban J connectivity index is 1.59.